The fourth-order valence-corrected chi connectivity index (χ4v) is 2.59. The van der Waals surface area contributed by atoms with Crippen LogP contribution in [0.25, 0.3) is 0 Å². The topological polar surface area (TPSA) is 21.3 Å². The normalized spacial score (nSPS) is 14.2. The number of halogens is 2. The van der Waals surface area contributed by atoms with Crippen LogP contribution in [0.2, 0.25) is 0 Å². The zero-order valence-electron chi connectivity index (χ0n) is 11.8. The molecule has 1 fully saturated rings. The van der Waals surface area contributed by atoms with Gasteiger partial charge in [-0.25, -0.2) is 4.39 Å². The summed E-state index contributed by atoms with van der Waals surface area (Å²) in [5.74, 6) is 0.531. The van der Waals surface area contributed by atoms with Crippen LogP contribution in [0.1, 0.15) is 24.0 Å². The van der Waals surface area contributed by atoms with Crippen LogP contribution in [0.5, 0.6) is 11.5 Å². The maximum absolute atomic E-state index is 13.7. The van der Waals surface area contributed by atoms with Crippen LogP contribution >= 0.6 is 15.9 Å². The lowest BCUT2D eigenvalue weighted by molar-refractivity contribution is 0.441. The molecule has 110 valence electrons. The molecule has 0 amide bonds. The molecule has 1 aliphatic rings. The molecule has 1 aliphatic carbocycles. The van der Waals surface area contributed by atoms with E-state index in [1.807, 2.05) is 25.1 Å². The minimum Gasteiger partial charge on any atom is -0.454 e. The molecule has 4 heteroatoms. The molecule has 0 spiro atoms. The quantitative estimate of drug-likeness (QED) is 0.825. The summed E-state index contributed by atoms with van der Waals surface area (Å²) in [5.41, 5.74) is 2.15. The Morgan fingerprint density at radius 1 is 1.24 bits per heavy atom. The van der Waals surface area contributed by atoms with Gasteiger partial charge in [-0.3, -0.25) is 0 Å². The van der Waals surface area contributed by atoms with E-state index in [-0.39, 0.29) is 11.6 Å². The molecular weight excluding hydrogens is 333 g/mol. The molecule has 3 rings (SSSR count). The van der Waals surface area contributed by atoms with E-state index in [9.17, 15) is 4.39 Å². The number of benzene rings is 2. The van der Waals surface area contributed by atoms with Gasteiger partial charge < -0.3 is 10.1 Å². The third-order valence-corrected chi connectivity index (χ3v) is 4.24. The molecule has 2 nitrogen and oxygen atoms in total. The summed E-state index contributed by atoms with van der Waals surface area (Å²) < 4.78 is 20.3. The smallest absolute Gasteiger partial charge is 0.165 e. The number of aryl methyl sites for hydroxylation is 1. The van der Waals surface area contributed by atoms with Crippen molar-refractivity contribution in [3.63, 3.8) is 0 Å². The first kappa shape index (κ1) is 14.5. The van der Waals surface area contributed by atoms with Crippen molar-refractivity contribution in [2.75, 3.05) is 0 Å². The van der Waals surface area contributed by atoms with Crippen molar-refractivity contribution in [1.82, 2.24) is 5.32 Å². The molecule has 21 heavy (non-hydrogen) atoms. The molecule has 0 radical (unpaired) electrons. The number of ether oxygens (including phenoxy) is 1. The number of hydrogen-bond acceptors (Lipinski definition) is 2. The van der Waals surface area contributed by atoms with Crippen LogP contribution in [-0.4, -0.2) is 6.04 Å². The standard InChI is InChI=1S/C17H17BrFNO/c1-11-2-7-16(19)17(8-11)21-14-6-3-12(15(18)9-14)10-20-13-4-5-13/h2-3,6-9,13,20H,4-5,10H2,1H3. The third-order valence-electron chi connectivity index (χ3n) is 3.50. The first-order valence-electron chi connectivity index (χ1n) is 7.07. The van der Waals surface area contributed by atoms with E-state index in [1.54, 1.807) is 12.1 Å². The van der Waals surface area contributed by atoms with Gasteiger partial charge in [0.1, 0.15) is 5.75 Å². The average Bonchev–Trinajstić information content (AvgIpc) is 3.26. The van der Waals surface area contributed by atoms with Crippen molar-refractivity contribution < 1.29 is 9.13 Å². The zero-order valence-corrected chi connectivity index (χ0v) is 13.4. The summed E-state index contributed by atoms with van der Waals surface area (Å²) in [5, 5.41) is 3.47. The summed E-state index contributed by atoms with van der Waals surface area (Å²) in [6, 6.07) is 11.3. The fourth-order valence-electron chi connectivity index (χ4n) is 2.09. The van der Waals surface area contributed by atoms with Crippen molar-refractivity contribution in [3.8, 4) is 11.5 Å². The number of nitrogens with one attached hydrogen (secondary N) is 1. The Balaban J connectivity index is 1.73. The second kappa shape index (κ2) is 6.16. The van der Waals surface area contributed by atoms with Crippen LogP contribution in [0.3, 0.4) is 0 Å². The maximum Gasteiger partial charge on any atom is 0.165 e. The van der Waals surface area contributed by atoms with Crippen LogP contribution in [-0.2, 0) is 6.54 Å². The molecule has 0 aromatic heterocycles. The molecule has 2 aromatic rings. The Hall–Kier alpha value is -1.39. The third kappa shape index (κ3) is 3.83. The van der Waals surface area contributed by atoms with Crippen LogP contribution in [0, 0.1) is 12.7 Å². The maximum atomic E-state index is 13.7. The number of hydrogen-bond donors (Lipinski definition) is 1. The first-order chi connectivity index (χ1) is 10.1. The first-order valence-corrected chi connectivity index (χ1v) is 7.87. The Labute approximate surface area is 132 Å². The summed E-state index contributed by atoms with van der Waals surface area (Å²) in [6.45, 7) is 2.75. The van der Waals surface area contributed by atoms with E-state index < -0.39 is 0 Å². The second-order valence-corrected chi connectivity index (χ2v) is 6.30. The highest BCUT2D eigenvalue weighted by molar-refractivity contribution is 9.10. The van der Waals surface area contributed by atoms with E-state index in [4.69, 9.17) is 4.74 Å². The predicted octanol–water partition coefficient (Wildman–Crippen LogP) is 4.94. The Morgan fingerprint density at radius 2 is 2.05 bits per heavy atom. The van der Waals surface area contributed by atoms with Crippen molar-refractivity contribution >= 4 is 15.9 Å². The summed E-state index contributed by atoms with van der Waals surface area (Å²) in [6.07, 6.45) is 2.54. The van der Waals surface area contributed by atoms with E-state index in [0.29, 0.717) is 11.8 Å². The highest BCUT2D eigenvalue weighted by atomic mass is 79.9. The van der Waals surface area contributed by atoms with Gasteiger partial charge in [0.15, 0.2) is 11.6 Å². The van der Waals surface area contributed by atoms with E-state index in [0.717, 1.165) is 16.6 Å². The second-order valence-electron chi connectivity index (χ2n) is 5.44. The Bertz CT molecular complexity index is 655. The average molecular weight is 350 g/mol. The lowest BCUT2D eigenvalue weighted by atomic mass is 10.2. The van der Waals surface area contributed by atoms with Gasteiger partial charge >= 0.3 is 0 Å². The summed E-state index contributed by atoms with van der Waals surface area (Å²) >= 11 is 3.55. The van der Waals surface area contributed by atoms with E-state index in [1.165, 1.54) is 24.5 Å². The van der Waals surface area contributed by atoms with Gasteiger partial charge in [-0.1, -0.05) is 28.1 Å². The van der Waals surface area contributed by atoms with Gasteiger partial charge in [0.2, 0.25) is 0 Å². The number of rotatable bonds is 5. The van der Waals surface area contributed by atoms with Gasteiger partial charge in [-0.15, -0.1) is 0 Å². The molecule has 0 atom stereocenters. The van der Waals surface area contributed by atoms with Crippen molar-refractivity contribution in [3.05, 3.63) is 57.8 Å². The molecule has 0 unspecified atom stereocenters. The fraction of sp³-hybridized carbons (Fsp3) is 0.294. The van der Waals surface area contributed by atoms with Crippen molar-refractivity contribution in [2.24, 2.45) is 0 Å². The molecule has 1 N–H and O–H groups in total. The van der Waals surface area contributed by atoms with Crippen molar-refractivity contribution in [2.45, 2.75) is 32.4 Å². The molecule has 0 bridgehead atoms. The largest absolute Gasteiger partial charge is 0.454 e. The minimum atomic E-state index is -0.351. The van der Waals surface area contributed by atoms with Gasteiger partial charge in [0.05, 0.1) is 0 Å². The van der Waals surface area contributed by atoms with Gasteiger partial charge in [0, 0.05) is 17.1 Å². The highest BCUT2D eigenvalue weighted by Gasteiger charge is 2.20. The van der Waals surface area contributed by atoms with Gasteiger partial charge in [0.25, 0.3) is 0 Å². The Morgan fingerprint density at radius 3 is 2.76 bits per heavy atom. The monoisotopic (exact) mass is 349 g/mol. The molecule has 1 saturated carbocycles. The summed E-state index contributed by atoms with van der Waals surface area (Å²) in [7, 11) is 0. The minimum absolute atomic E-state index is 0.255. The highest BCUT2D eigenvalue weighted by Crippen LogP contribution is 2.29. The zero-order chi connectivity index (χ0) is 14.8. The lowest BCUT2D eigenvalue weighted by Crippen LogP contribution is -2.15. The van der Waals surface area contributed by atoms with E-state index in [2.05, 4.69) is 21.2 Å². The molecule has 0 heterocycles. The van der Waals surface area contributed by atoms with Gasteiger partial charge in [-0.05, 0) is 55.2 Å². The SMILES string of the molecule is Cc1ccc(F)c(Oc2ccc(CNC3CC3)c(Br)c2)c1. The van der Waals surface area contributed by atoms with E-state index >= 15 is 0 Å². The van der Waals surface area contributed by atoms with Crippen molar-refractivity contribution in [1.29, 1.82) is 0 Å². The Kier molecular flexibility index (Phi) is 4.27. The molecule has 0 saturated heterocycles. The van der Waals surface area contributed by atoms with Crippen LogP contribution in [0.15, 0.2) is 40.9 Å². The molecule has 0 aliphatic heterocycles. The molecule has 2 aromatic carbocycles. The molecular formula is C17H17BrFNO. The van der Waals surface area contributed by atoms with Gasteiger partial charge in [-0.2, -0.15) is 0 Å². The predicted molar refractivity (Wildman–Crippen MR) is 85.2 cm³/mol. The lowest BCUT2D eigenvalue weighted by Gasteiger charge is -2.11. The summed E-state index contributed by atoms with van der Waals surface area (Å²) in [4.78, 5) is 0. The van der Waals surface area contributed by atoms with Crippen LogP contribution in [0.4, 0.5) is 4.39 Å². The van der Waals surface area contributed by atoms with Crippen LogP contribution < -0.4 is 10.1 Å².